The van der Waals surface area contributed by atoms with Crippen molar-refractivity contribution in [1.29, 1.82) is 0 Å². The Kier molecular flexibility index (Phi) is 6.82. The lowest BCUT2D eigenvalue weighted by Gasteiger charge is -2.07. The van der Waals surface area contributed by atoms with Gasteiger partial charge in [-0.2, -0.15) is 0 Å². The van der Waals surface area contributed by atoms with Gasteiger partial charge in [0.15, 0.2) is 5.13 Å². The first-order valence-electron chi connectivity index (χ1n) is 8.41. The molecular weight excluding hydrogens is 432 g/mol. The van der Waals surface area contributed by atoms with Crippen LogP contribution in [-0.2, 0) is 0 Å². The molecular formula is C19H19BrN2O2S2. The second-order valence-corrected chi connectivity index (χ2v) is 9.00. The fourth-order valence-corrected chi connectivity index (χ4v) is 4.46. The van der Waals surface area contributed by atoms with Gasteiger partial charge in [0.1, 0.15) is 5.75 Å². The highest BCUT2D eigenvalue weighted by molar-refractivity contribution is 9.11. The fraction of sp³-hybridized carbons (Fsp3) is 0.263. The Morgan fingerprint density at radius 2 is 2.15 bits per heavy atom. The molecule has 1 amide bonds. The largest absolute Gasteiger partial charge is 0.494 e. The van der Waals surface area contributed by atoms with Crippen molar-refractivity contribution in [2.45, 2.75) is 26.2 Å². The van der Waals surface area contributed by atoms with E-state index in [0.717, 1.165) is 39.4 Å². The molecule has 2 aromatic heterocycles. The zero-order valence-corrected chi connectivity index (χ0v) is 17.5. The molecule has 0 unspecified atom stereocenters. The van der Waals surface area contributed by atoms with E-state index in [1.807, 2.05) is 29.6 Å². The molecule has 0 saturated heterocycles. The number of hydrogen-bond donors (Lipinski definition) is 1. The van der Waals surface area contributed by atoms with Crippen LogP contribution in [-0.4, -0.2) is 17.5 Å². The van der Waals surface area contributed by atoms with Gasteiger partial charge < -0.3 is 4.74 Å². The van der Waals surface area contributed by atoms with Crippen LogP contribution in [0.3, 0.4) is 0 Å². The van der Waals surface area contributed by atoms with Gasteiger partial charge in [0.2, 0.25) is 0 Å². The Labute approximate surface area is 169 Å². The molecule has 7 heteroatoms. The van der Waals surface area contributed by atoms with Crippen LogP contribution in [0.25, 0.3) is 10.6 Å². The highest BCUT2D eigenvalue weighted by Crippen LogP contribution is 2.33. The molecule has 0 spiro atoms. The van der Waals surface area contributed by atoms with Gasteiger partial charge in [-0.25, -0.2) is 4.98 Å². The first kappa shape index (κ1) is 19.1. The number of nitrogens with one attached hydrogen (secondary N) is 1. The van der Waals surface area contributed by atoms with Crippen LogP contribution in [0.1, 0.15) is 36.5 Å². The Hall–Kier alpha value is -1.70. The molecule has 1 aromatic carbocycles. The fourth-order valence-electron chi connectivity index (χ4n) is 2.33. The normalized spacial score (nSPS) is 10.7. The van der Waals surface area contributed by atoms with E-state index in [-0.39, 0.29) is 5.91 Å². The van der Waals surface area contributed by atoms with E-state index in [1.165, 1.54) is 11.3 Å². The number of amides is 1. The van der Waals surface area contributed by atoms with E-state index in [1.54, 1.807) is 23.5 Å². The highest BCUT2D eigenvalue weighted by atomic mass is 79.9. The number of carbonyl (C=O) groups excluding carboxylic acids is 1. The molecule has 0 saturated carbocycles. The summed E-state index contributed by atoms with van der Waals surface area (Å²) in [7, 11) is 0. The van der Waals surface area contributed by atoms with Crippen LogP contribution >= 0.6 is 38.6 Å². The van der Waals surface area contributed by atoms with Gasteiger partial charge in [-0.1, -0.05) is 25.8 Å². The van der Waals surface area contributed by atoms with E-state index >= 15 is 0 Å². The van der Waals surface area contributed by atoms with E-state index in [9.17, 15) is 4.79 Å². The number of carbonyl (C=O) groups is 1. The van der Waals surface area contributed by atoms with E-state index in [4.69, 9.17) is 4.74 Å². The number of unbranched alkanes of at least 4 members (excludes halogenated alkanes) is 2. The summed E-state index contributed by atoms with van der Waals surface area (Å²) in [5, 5.41) is 5.40. The number of ether oxygens (including phenoxy) is 1. The summed E-state index contributed by atoms with van der Waals surface area (Å²) < 4.78 is 6.77. The summed E-state index contributed by atoms with van der Waals surface area (Å²) >= 11 is 6.48. The third-order valence-corrected chi connectivity index (χ3v) is 6.07. The topological polar surface area (TPSA) is 51.2 Å². The number of rotatable bonds is 8. The predicted molar refractivity (Wildman–Crippen MR) is 113 cm³/mol. The third kappa shape index (κ3) is 5.16. The standard InChI is InChI=1S/C19H19BrN2O2S2/c1-2-3-4-10-24-14-7-5-6-13(11-14)18(23)22-19-21-15(12-25-19)16-8-9-17(20)26-16/h5-9,11-12H,2-4,10H2,1H3,(H,21,22,23). The number of hydrogen-bond acceptors (Lipinski definition) is 5. The van der Waals surface area contributed by atoms with Crippen LogP contribution in [0, 0.1) is 0 Å². The van der Waals surface area contributed by atoms with E-state index in [2.05, 4.69) is 33.2 Å². The number of anilines is 1. The summed E-state index contributed by atoms with van der Waals surface area (Å²) in [4.78, 5) is 18.1. The summed E-state index contributed by atoms with van der Waals surface area (Å²) in [5.41, 5.74) is 1.43. The van der Waals surface area contributed by atoms with Crippen molar-refractivity contribution in [3.05, 3.63) is 51.1 Å². The van der Waals surface area contributed by atoms with Crippen molar-refractivity contribution in [3.63, 3.8) is 0 Å². The van der Waals surface area contributed by atoms with Crippen LogP contribution in [0.2, 0.25) is 0 Å². The second-order valence-electron chi connectivity index (χ2n) is 5.68. The molecule has 3 aromatic rings. The summed E-state index contributed by atoms with van der Waals surface area (Å²) in [6, 6.07) is 11.3. The number of benzene rings is 1. The van der Waals surface area contributed by atoms with Crippen LogP contribution in [0.5, 0.6) is 5.75 Å². The molecule has 0 aliphatic rings. The molecule has 0 aliphatic carbocycles. The highest BCUT2D eigenvalue weighted by Gasteiger charge is 2.12. The van der Waals surface area contributed by atoms with Crippen molar-refractivity contribution >= 4 is 49.6 Å². The first-order chi connectivity index (χ1) is 12.7. The molecule has 136 valence electrons. The smallest absolute Gasteiger partial charge is 0.257 e. The number of thiazole rings is 1. The Morgan fingerprint density at radius 1 is 1.27 bits per heavy atom. The van der Waals surface area contributed by atoms with Crippen molar-refractivity contribution < 1.29 is 9.53 Å². The van der Waals surface area contributed by atoms with Gasteiger partial charge in [0, 0.05) is 10.9 Å². The molecule has 0 aliphatic heterocycles. The van der Waals surface area contributed by atoms with Gasteiger partial charge >= 0.3 is 0 Å². The minimum Gasteiger partial charge on any atom is -0.494 e. The lowest BCUT2D eigenvalue weighted by Crippen LogP contribution is -2.11. The van der Waals surface area contributed by atoms with Crippen LogP contribution in [0.4, 0.5) is 5.13 Å². The van der Waals surface area contributed by atoms with E-state index in [0.29, 0.717) is 17.3 Å². The van der Waals surface area contributed by atoms with E-state index < -0.39 is 0 Å². The lowest BCUT2D eigenvalue weighted by atomic mass is 10.2. The van der Waals surface area contributed by atoms with Gasteiger partial charge in [-0.15, -0.1) is 22.7 Å². The number of halogens is 1. The number of thiophene rings is 1. The average molecular weight is 451 g/mol. The zero-order chi connectivity index (χ0) is 18.4. The molecule has 0 atom stereocenters. The summed E-state index contributed by atoms with van der Waals surface area (Å²) in [6.07, 6.45) is 3.32. The SMILES string of the molecule is CCCCCOc1cccc(C(=O)Nc2nc(-c3ccc(Br)s3)cs2)c1. The first-order valence-corrected chi connectivity index (χ1v) is 10.9. The average Bonchev–Trinajstić information content (AvgIpc) is 3.28. The number of nitrogens with zero attached hydrogens (tertiary/aromatic N) is 1. The summed E-state index contributed by atoms with van der Waals surface area (Å²) in [5.74, 6) is 0.536. The third-order valence-electron chi connectivity index (χ3n) is 3.66. The van der Waals surface area contributed by atoms with Crippen molar-refractivity contribution in [3.8, 4) is 16.3 Å². The minimum atomic E-state index is -0.183. The molecule has 0 bridgehead atoms. The van der Waals surface area contributed by atoms with Gasteiger partial charge in [-0.3, -0.25) is 10.1 Å². The van der Waals surface area contributed by atoms with Crippen molar-refractivity contribution in [2.75, 3.05) is 11.9 Å². The molecule has 3 rings (SSSR count). The van der Waals surface area contributed by atoms with Gasteiger partial charge in [-0.05, 0) is 52.7 Å². The quantitative estimate of drug-likeness (QED) is 0.400. The zero-order valence-electron chi connectivity index (χ0n) is 14.3. The predicted octanol–water partition coefficient (Wildman–Crippen LogP) is 6.46. The minimum absolute atomic E-state index is 0.183. The Morgan fingerprint density at radius 3 is 2.92 bits per heavy atom. The molecule has 26 heavy (non-hydrogen) atoms. The maximum Gasteiger partial charge on any atom is 0.257 e. The van der Waals surface area contributed by atoms with Crippen LogP contribution < -0.4 is 10.1 Å². The number of aromatic nitrogens is 1. The van der Waals surface area contributed by atoms with Crippen molar-refractivity contribution in [1.82, 2.24) is 4.98 Å². The summed E-state index contributed by atoms with van der Waals surface area (Å²) in [6.45, 7) is 2.83. The molecule has 0 radical (unpaired) electrons. The second kappa shape index (κ2) is 9.30. The van der Waals surface area contributed by atoms with Gasteiger partial charge in [0.25, 0.3) is 5.91 Å². The maximum atomic E-state index is 12.5. The lowest BCUT2D eigenvalue weighted by molar-refractivity contribution is 0.102. The van der Waals surface area contributed by atoms with Crippen molar-refractivity contribution in [2.24, 2.45) is 0 Å². The molecule has 4 nitrogen and oxygen atoms in total. The monoisotopic (exact) mass is 450 g/mol. The molecule has 0 fully saturated rings. The maximum absolute atomic E-state index is 12.5. The molecule has 2 heterocycles. The Balaban J connectivity index is 1.62. The van der Waals surface area contributed by atoms with Gasteiger partial charge in [0.05, 0.1) is 21.0 Å². The Bertz CT molecular complexity index is 876. The molecule has 1 N–H and O–H groups in total. The van der Waals surface area contributed by atoms with Crippen LogP contribution in [0.15, 0.2) is 45.6 Å².